The monoisotopic (exact) mass is 387 g/mol. The van der Waals surface area contributed by atoms with E-state index in [0.717, 1.165) is 22.3 Å². The fraction of sp³-hybridized carbons (Fsp3) is 0.130. The molecule has 0 aliphatic rings. The summed E-state index contributed by atoms with van der Waals surface area (Å²) in [6.07, 6.45) is -0.704. The Kier molecular flexibility index (Phi) is 7.06. The minimum absolute atomic E-state index is 0.131. The zero-order chi connectivity index (χ0) is 20.5. The Morgan fingerprint density at radius 2 is 1.24 bits per heavy atom. The number of rotatable bonds is 7. The molecule has 0 saturated carbocycles. The molecule has 0 N–H and O–H groups in total. The van der Waals surface area contributed by atoms with E-state index in [1.54, 1.807) is 19.0 Å². The fourth-order valence-corrected chi connectivity index (χ4v) is 2.67. The van der Waals surface area contributed by atoms with Gasteiger partial charge in [-0.3, -0.25) is 0 Å². The van der Waals surface area contributed by atoms with Crippen LogP contribution in [0.5, 0.6) is 0 Å². The highest BCUT2D eigenvalue weighted by Crippen LogP contribution is 2.21. The van der Waals surface area contributed by atoms with Gasteiger partial charge in [-0.2, -0.15) is 0 Å². The second-order valence-corrected chi connectivity index (χ2v) is 6.23. The summed E-state index contributed by atoms with van der Waals surface area (Å²) in [5, 5.41) is 0. The van der Waals surface area contributed by atoms with Gasteiger partial charge in [-0.25, -0.2) is 9.59 Å². The van der Waals surface area contributed by atoms with E-state index >= 15 is 0 Å². The summed E-state index contributed by atoms with van der Waals surface area (Å²) in [6, 6.07) is 24.2. The molecule has 0 bridgehead atoms. The summed E-state index contributed by atoms with van der Waals surface area (Å²) in [4.78, 5) is 23.4. The number of carbonyl (C=O) groups is 2. The average Bonchev–Trinajstić information content (AvgIpc) is 2.77. The summed E-state index contributed by atoms with van der Waals surface area (Å²) in [6.45, 7) is 1.96. The first-order valence-electron chi connectivity index (χ1n) is 9.17. The van der Waals surface area contributed by atoms with E-state index in [0.29, 0.717) is 5.56 Å². The molecule has 6 heteroatoms. The SMILES string of the molecule is C[B]OC(=O)c1ccc(-c2ccc(COC(=O)OCc3ccccc3)cc2)cc1. The summed E-state index contributed by atoms with van der Waals surface area (Å²) in [7, 11) is 1.36. The zero-order valence-electron chi connectivity index (χ0n) is 16.0. The molecule has 0 saturated heterocycles. The molecule has 3 aromatic rings. The van der Waals surface area contributed by atoms with Crippen molar-refractivity contribution in [3.63, 3.8) is 0 Å². The van der Waals surface area contributed by atoms with Crippen molar-refractivity contribution < 1.29 is 23.7 Å². The lowest BCUT2D eigenvalue weighted by atomic mass is 10.0. The Bertz CT molecular complexity index is 937. The van der Waals surface area contributed by atoms with Gasteiger partial charge in [-0.05, 0) is 34.4 Å². The van der Waals surface area contributed by atoms with Gasteiger partial charge in [-0.15, -0.1) is 0 Å². The van der Waals surface area contributed by atoms with Crippen molar-refractivity contribution in [3.8, 4) is 11.1 Å². The molecule has 0 spiro atoms. The van der Waals surface area contributed by atoms with Crippen LogP contribution in [-0.4, -0.2) is 19.6 Å². The van der Waals surface area contributed by atoms with Gasteiger partial charge in [0.15, 0.2) is 0 Å². The van der Waals surface area contributed by atoms with E-state index in [-0.39, 0.29) is 19.2 Å². The lowest BCUT2D eigenvalue weighted by molar-refractivity contribution is 0.0446. The highest BCUT2D eigenvalue weighted by atomic mass is 16.7. The van der Waals surface area contributed by atoms with Crippen LogP contribution in [0, 0.1) is 0 Å². The molecule has 0 fully saturated rings. The van der Waals surface area contributed by atoms with Gasteiger partial charge >= 0.3 is 19.6 Å². The summed E-state index contributed by atoms with van der Waals surface area (Å²) in [5.41, 5.74) is 4.20. The van der Waals surface area contributed by atoms with Gasteiger partial charge in [0.2, 0.25) is 0 Å². The fourth-order valence-electron chi connectivity index (χ4n) is 2.67. The van der Waals surface area contributed by atoms with Crippen molar-refractivity contribution >= 4 is 19.6 Å². The molecule has 0 aromatic heterocycles. The molecule has 29 heavy (non-hydrogen) atoms. The highest BCUT2D eigenvalue weighted by Gasteiger charge is 2.08. The Hall–Kier alpha value is -3.54. The molecular formula is C23H20BO5. The standard InChI is InChI=1S/C23H20BO5/c1-24-29-22(25)21-13-11-20(12-14-21)19-9-7-18(8-10-19)16-28-23(26)27-15-17-5-3-2-4-6-17/h2-14H,15-16H2,1H3. The van der Waals surface area contributed by atoms with E-state index in [2.05, 4.69) is 0 Å². The molecule has 0 heterocycles. The third-order valence-corrected chi connectivity index (χ3v) is 4.19. The second-order valence-electron chi connectivity index (χ2n) is 6.23. The van der Waals surface area contributed by atoms with E-state index in [4.69, 9.17) is 14.1 Å². The molecule has 0 unspecified atom stereocenters. The molecule has 0 aliphatic carbocycles. The summed E-state index contributed by atoms with van der Waals surface area (Å²) < 4.78 is 15.1. The van der Waals surface area contributed by atoms with Crippen LogP contribution in [0.1, 0.15) is 21.5 Å². The Balaban J connectivity index is 1.51. The molecule has 3 aromatic carbocycles. The predicted octanol–water partition coefficient (Wildman–Crippen LogP) is 5.03. The lowest BCUT2D eigenvalue weighted by Gasteiger charge is -2.08. The van der Waals surface area contributed by atoms with Crippen molar-refractivity contribution in [2.75, 3.05) is 0 Å². The van der Waals surface area contributed by atoms with Crippen LogP contribution in [0.4, 0.5) is 4.79 Å². The first kappa shape index (κ1) is 20.2. The minimum atomic E-state index is -0.704. The largest absolute Gasteiger partial charge is 0.536 e. The maximum Gasteiger partial charge on any atom is 0.508 e. The number of carbonyl (C=O) groups excluding carboxylic acids is 2. The minimum Gasteiger partial charge on any atom is -0.536 e. The van der Waals surface area contributed by atoms with Crippen LogP contribution in [0.25, 0.3) is 11.1 Å². The average molecular weight is 387 g/mol. The number of hydrogen-bond acceptors (Lipinski definition) is 5. The highest BCUT2D eigenvalue weighted by molar-refractivity contribution is 6.29. The van der Waals surface area contributed by atoms with E-state index in [1.165, 1.54) is 7.48 Å². The molecule has 3 rings (SSSR count). The van der Waals surface area contributed by atoms with E-state index in [1.807, 2.05) is 66.7 Å². The van der Waals surface area contributed by atoms with Crippen molar-refractivity contribution in [1.82, 2.24) is 0 Å². The smallest absolute Gasteiger partial charge is 0.508 e. The molecular weight excluding hydrogens is 367 g/mol. The van der Waals surface area contributed by atoms with Gasteiger partial charge in [0.1, 0.15) is 13.2 Å². The van der Waals surface area contributed by atoms with E-state index in [9.17, 15) is 9.59 Å². The second kappa shape index (κ2) is 10.1. The topological polar surface area (TPSA) is 61.8 Å². The van der Waals surface area contributed by atoms with Gasteiger partial charge in [-0.1, -0.05) is 73.6 Å². The molecule has 145 valence electrons. The first-order valence-corrected chi connectivity index (χ1v) is 9.17. The summed E-state index contributed by atoms with van der Waals surface area (Å²) >= 11 is 0. The third-order valence-electron chi connectivity index (χ3n) is 4.19. The number of ether oxygens (including phenoxy) is 2. The first-order chi connectivity index (χ1) is 14.2. The zero-order valence-corrected chi connectivity index (χ0v) is 16.0. The van der Waals surface area contributed by atoms with Crippen LogP contribution in [-0.2, 0) is 27.3 Å². The predicted molar refractivity (Wildman–Crippen MR) is 110 cm³/mol. The van der Waals surface area contributed by atoms with Crippen molar-refractivity contribution in [2.24, 2.45) is 0 Å². The van der Waals surface area contributed by atoms with Crippen LogP contribution in [0.15, 0.2) is 78.9 Å². The molecule has 1 radical (unpaired) electrons. The Labute approximate surface area is 170 Å². The van der Waals surface area contributed by atoms with Crippen molar-refractivity contribution in [1.29, 1.82) is 0 Å². The van der Waals surface area contributed by atoms with Crippen molar-refractivity contribution in [2.45, 2.75) is 20.0 Å². The molecule has 0 aliphatic heterocycles. The quantitative estimate of drug-likeness (QED) is 0.420. The maximum absolute atomic E-state index is 11.7. The Morgan fingerprint density at radius 3 is 1.79 bits per heavy atom. The number of hydrogen-bond donors (Lipinski definition) is 0. The number of benzene rings is 3. The molecule has 5 nitrogen and oxygen atoms in total. The normalized spacial score (nSPS) is 10.1. The van der Waals surface area contributed by atoms with Crippen LogP contribution in [0.3, 0.4) is 0 Å². The van der Waals surface area contributed by atoms with Gasteiger partial charge < -0.3 is 14.1 Å². The summed E-state index contributed by atoms with van der Waals surface area (Å²) in [5.74, 6) is -0.384. The van der Waals surface area contributed by atoms with Gasteiger partial charge in [0.05, 0.1) is 5.56 Å². The van der Waals surface area contributed by atoms with Crippen LogP contribution < -0.4 is 0 Å². The molecule has 0 atom stereocenters. The third kappa shape index (κ3) is 5.97. The van der Waals surface area contributed by atoms with Gasteiger partial charge in [0.25, 0.3) is 0 Å². The van der Waals surface area contributed by atoms with Crippen molar-refractivity contribution in [3.05, 3.63) is 95.6 Å². The molecule has 0 amide bonds. The van der Waals surface area contributed by atoms with Crippen LogP contribution >= 0.6 is 0 Å². The van der Waals surface area contributed by atoms with E-state index < -0.39 is 6.16 Å². The van der Waals surface area contributed by atoms with Gasteiger partial charge in [0, 0.05) is 0 Å². The Morgan fingerprint density at radius 1 is 0.724 bits per heavy atom. The van der Waals surface area contributed by atoms with Crippen LogP contribution in [0.2, 0.25) is 6.82 Å². The lowest BCUT2D eigenvalue weighted by Crippen LogP contribution is -2.07. The maximum atomic E-state index is 11.7.